The van der Waals surface area contributed by atoms with Gasteiger partial charge < -0.3 is 44.8 Å². The number of methoxy groups -OCH3 is 3. The zero-order chi connectivity index (χ0) is 46.0. The van der Waals surface area contributed by atoms with Gasteiger partial charge in [0, 0.05) is 12.2 Å². The van der Waals surface area contributed by atoms with Crippen molar-refractivity contribution in [2.24, 2.45) is 0 Å². The first-order valence-corrected chi connectivity index (χ1v) is 19.6. The second-order valence-electron chi connectivity index (χ2n) is 13.5. The summed E-state index contributed by atoms with van der Waals surface area (Å²) >= 11 is 0. The molecule has 4 aromatic rings. The van der Waals surface area contributed by atoms with Crippen LogP contribution in [0.5, 0.6) is 17.2 Å². The summed E-state index contributed by atoms with van der Waals surface area (Å²) in [5.41, 5.74) is 7.12. The van der Waals surface area contributed by atoms with Crippen LogP contribution in [0.2, 0.25) is 0 Å². The van der Waals surface area contributed by atoms with Gasteiger partial charge in [-0.1, -0.05) is 103 Å². The molecule has 0 aromatic heterocycles. The summed E-state index contributed by atoms with van der Waals surface area (Å²) in [6.45, 7) is 1.39. The van der Waals surface area contributed by atoms with E-state index >= 15 is 0 Å². The number of aliphatic hydroxyl groups excluding tert-OH is 6. The van der Waals surface area contributed by atoms with Crippen molar-refractivity contribution in [2.75, 3.05) is 21.3 Å². The molecule has 0 fully saturated rings. The van der Waals surface area contributed by atoms with Crippen molar-refractivity contribution >= 4 is 35.9 Å². The quantitative estimate of drug-likeness (QED) is 0.0284. The fourth-order valence-corrected chi connectivity index (χ4v) is 5.62. The number of benzene rings is 4. The van der Waals surface area contributed by atoms with Crippen LogP contribution in [-0.2, 0) is 36.0 Å². The molecular formula is C52H54O11. The third-order valence-electron chi connectivity index (χ3n) is 9.00. The first-order chi connectivity index (χ1) is 30.5. The highest BCUT2D eigenvalue weighted by molar-refractivity contribution is 6.00. The summed E-state index contributed by atoms with van der Waals surface area (Å²) in [6, 6.07) is 21.8. The van der Waals surface area contributed by atoms with Crippen LogP contribution in [-0.4, -0.2) is 63.5 Å². The van der Waals surface area contributed by atoms with Gasteiger partial charge in [-0.3, -0.25) is 9.59 Å². The van der Waals surface area contributed by atoms with Gasteiger partial charge in [0.1, 0.15) is 17.3 Å². The van der Waals surface area contributed by atoms with Gasteiger partial charge >= 0.3 is 0 Å². The van der Waals surface area contributed by atoms with Gasteiger partial charge in [0.2, 0.25) is 0 Å². The Bertz CT molecular complexity index is 2420. The summed E-state index contributed by atoms with van der Waals surface area (Å²) in [6.07, 6.45) is 24.7. The first kappa shape index (κ1) is 50.1. The van der Waals surface area contributed by atoms with Crippen molar-refractivity contribution < 1.29 is 54.4 Å². The molecule has 11 nitrogen and oxygen atoms in total. The summed E-state index contributed by atoms with van der Waals surface area (Å²) in [7, 11) is 4.72. The molecule has 0 aliphatic heterocycles. The van der Waals surface area contributed by atoms with E-state index in [0.717, 1.165) is 45.7 Å². The lowest BCUT2D eigenvalue weighted by atomic mass is 10.0. The molecule has 0 spiro atoms. The Balaban J connectivity index is 0.000000335. The van der Waals surface area contributed by atoms with E-state index in [-0.39, 0.29) is 49.5 Å². The van der Waals surface area contributed by atoms with Crippen LogP contribution >= 0.6 is 0 Å². The SMILES string of the molecule is COc1cc(/C=C/C=C/C(=O)/C=C(O)/C=C/C=C/c2ccc(CO)c(CO)c2)ccc1C.COc1ccc(/C=C/C(O)=CC(=O)/C=C/C=C/c2ccc(CO)c(CO)c2)cc1OC. The van der Waals surface area contributed by atoms with Crippen molar-refractivity contribution in [3.8, 4) is 17.2 Å². The van der Waals surface area contributed by atoms with E-state index in [2.05, 4.69) is 0 Å². The second kappa shape index (κ2) is 27.5. The fraction of sp³-hybridized carbons (Fsp3) is 0.154. The number of aliphatic hydroxyl groups is 6. The van der Waals surface area contributed by atoms with Crippen LogP contribution in [0.3, 0.4) is 0 Å². The van der Waals surface area contributed by atoms with E-state index in [1.807, 2.05) is 43.3 Å². The molecule has 0 atom stereocenters. The number of carbonyl (C=O) groups excluding carboxylic acids is 2. The number of ether oxygens (including phenoxy) is 3. The molecule has 0 aliphatic rings. The van der Waals surface area contributed by atoms with Gasteiger partial charge in [0.15, 0.2) is 23.1 Å². The smallest absolute Gasteiger partial charge is 0.182 e. The molecule has 0 saturated heterocycles. The molecule has 63 heavy (non-hydrogen) atoms. The predicted molar refractivity (Wildman–Crippen MR) is 249 cm³/mol. The van der Waals surface area contributed by atoms with Gasteiger partial charge in [-0.15, -0.1) is 0 Å². The highest BCUT2D eigenvalue weighted by Gasteiger charge is 2.04. The Morgan fingerprint density at radius 2 is 0.841 bits per heavy atom. The Morgan fingerprint density at radius 3 is 1.32 bits per heavy atom. The van der Waals surface area contributed by atoms with Gasteiger partial charge in [-0.2, -0.15) is 0 Å². The maximum absolute atomic E-state index is 12.0. The number of hydrogen-bond acceptors (Lipinski definition) is 11. The van der Waals surface area contributed by atoms with Crippen LogP contribution in [0.25, 0.3) is 24.3 Å². The lowest BCUT2D eigenvalue weighted by Crippen LogP contribution is -1.94. The van der Waals surface area contributed by atoms with E-state index in [1.165, 1.54) is 31.4 Å². The van der Waals surface area contributed by atoms with Crippen LogP contribution < -0.4 is 14.2 Å². The molecular weight excluding hydrogens is 801 g/mol. The van der Waals surface area contributed by atoms with E-state index < -0.39 is 0 Å². The van der Waals surface area contributed by atoms with E-state index in [4.69, 9.17) is 14.2 Å². The van der Waals surface area contributed by atoms with Crippen molar-refractivity contribution in [2.45, 2.75) is 33.4 Å². The maximum atomic E-state index is 12.0. The molecule has 0 aliphatic carbocycles. The summed E-state index contributed by atoms with van der Waals surface area (Å²) in [4.78, 5) is 23.9. The lowest BCUT2D eigenvalue weighted by Gasteiger charge is -2.07. The Labute approximate surface area is 368 Å². The zero-order valence-corrected chi connectivity index (χ0v) is 35.7. The predicted octanol–water partition coefficient (Wildman–Crippen LogP) is 8.82. The minimum absolute atomic E-state index is 0.128. The minimum Gasteiger partial charge on any atom is -0.508 e. The highest BCUT2D eigenvalue weighted by atomic mass is 16.5. The number of rotatable bonds is 20. The van der Waals surface area contributed by atoms with Crippen LogP contribution in [0.15, 0.2) is 157 Å². The molecule has 0 radical (unpaired) electrons. The summed E-state index contributed by atoms with van der Waals surface area (Å²) in [5.74, 6) is 0.918. The van der Waals surface area contributed by atoms with Gasteiger partial charge in [0.05, 0.1) is 47.8 Å². The molecule has 4 aromatic carbocycles. The molecule has 0 unspecified atom stereocenters. The molecule has 6 N–H and O–H groups in total. The third kappa shape index (κ3) is 17.7. The van der Waals surface area contributed by atoms with Crippen LogP contribution in [0, 0.1) is 6.92 Å². The number of aryl methyl sites for hydroxylation is 1. The van der Waals surface area contributed by atoms with E-state index in [9.17, 15) is 40.2 Å². The van der Waals surface area contributed by atoms with Gasteiger partial charge in [0.25, 0.3) is 0 Å². The molecule has 328 valence electrons. The molecule has 11 heteroatoms. The Morgan fingerprint density at radius 1 is 0.444 bits per heavy atom. The van der Waals surface area contributed by atoms with E-state index in [1.54, 1.807) is 111 Å². The molecule has 4 rings (SSSR count). The zero-order valence-electron chi connectivity index (χ0n) is 35.7. The second-order valence-corrected chi connectivity index (χ2v) is 13.5. The number of ketones is 2. The average molecular weight is 855 g/mol. The average Bonchev–Trinajstić information content (AvgIpc) is 3.30. The Hall–Kier alpha value is -7.28. The topological polar surface area (TPSA) is 183 Å². The molecule has 0 saturated carbocycles. The fourth-order valence-electron chi connectivity index (χ4n) is 5.62. The van der Waals surface area contributed by atoms with E-state index in [0.29, 0.717) is 33.8 Å². The third-order valence-corrected chi connectivity index (χ3v) is 9.00. The molecule has 0 amide bonds. The number of hydrogen-bond donors (Lipinski definition) is 6. The van der Waals surface area contributed by atoms with Gasteiger partial charge in [-0.25, -0.2) is 0 Å². The summed E-state index contributed by atoms with van der Waals surface area (Å²) < 4.78 is 15.7. The van der Waals surface area contributed by atoms with Crippen molar-refractivity contribution in [3.05, 3.63) is 207 Å². The highest BCUT2D eigenvalue weighted by Crippen LogP contribution is 2.28. The monoisotopic (exact) mass is 854 g/mol. The minimum atomic E-state index is -0.370. The normalized spacial score (nSPS) is 12.4. The van der Waals surface area contributed by atoms with Crippen LogP contribution in [0.1, 0.15) is 50.1 Å². The van der Waals surface area contributed by atoms with Crippen molar-refractivity contribution in [1.82, 2.24) is 0 Å². The van der Waals surface area contributed by atoms with Crippen LogP contribution in [0.4, 0.5) is 0 Å². The molecule has 0 bridgehead atoms. The molecule has 0 heterocycles. The van der Waals surface area contributed by atoms with Gasteiger partial charge in [-0.05, 0) is 112 Å². The first-order valence-electron chi connectivity index (χ1n) is 19.6. The maximum Gasteiger partial charge on any atom is 0.182 e. The standard InChI is InChI=1S/C27H28O5.C25H26O6/c1-20-11-12-22(16-27(20)32-2)8-4-6-10-26(31)17-25(30)9-5-3-7-21-13-14-23(18-28)24(15-21)19-29;1-30-24-12-9-19(14-25(24)31-2)8-11-23(29)15-22(28)6-4-3-5-18-7-10-20(16-26)21(13-18)17-27/h3-17,28-30H,18-19H2,1-2H3;3-15,26-27,29H,16-17H2,1-2H3/b7-3+,8-4+,9-5+,10-6+,25-17-;5-3+,6-4+,11-8+,23-15?. The number of allylic oxidation sites excluding steroid dienone is 12. The number of carbonyl (C=O) groups is 2. The van der Waals surface area contributed by atoms with Crippen molar-refractivity contribution in [3.63, 3.8) is 0 Å². The Kier molecular flexibility index (Phi) is 21.9. The summed E-state index contributed by atoms with van der Waals surface area (Å²) in [5, 5.41) is 56.9. The lowest BCUT2D eigenvalue weighted by molar-refractivity contribution is -0.111. The van der Waals surface area contributed by atoms with Crippen molar-refractivity contribution in [1.29, 1.82) is 0 Å². The largest absolute Gasteiger partial charge is 0.508 e.